The number of aryl methyl sites for hydroxylation is 2. The summed E-state index contributed by atoms with van der Waals surface area (Å²) in [6, 6.07) is 8.60. The molecule has 0 spiro atoms. The molecule has 0 amide bonds. The first-order valence-corrected chi connectivity index (χ1v) is 6.20. The SMILES string of the molecule is COc1cc(CCc2cc(F)ccc2F)ccc1C=O. The van der Waals surface area contributed by atoms with Crippen LogP contribution in [-0.4, -0.2) is 13.4 Å². The number of halogens is 2. The van der Waals surface area contributed by atoms with Crippen LogP contribution in [0.25, 0.3) is 0 Å². The topological polar surface area (TPSA) is 26.3 Å². The summed E-state index contributed by atoms with van der Waals surface area (Å²) in [5.74, 6) is -0.379. The molecule has 0 saturated carbocycles. The van der Waals surface area contributed by atoms with E-state index < -0.39 is 11.6 Å². The summed E-state index contributed by atoms with van der Waals surface area (Å²) in [7, 11) is 1.48. The van der Waals surface area contributed by atoms with E-state index in [2.05, 4.69) is 0 Å². The van der Waals surface area contributed by atoms with Crippen LogP contribution in [0.3, 0.4) is 0 Å². The molecule has 0 radical (unpaired) electrons. The van der Waals surface area contributed by atoms with Crippen LogP contribution in [0, 0.1) is 11.6 Å². The zero-order chi connectivity index (χ0) is 14.5. The molecule has 2 rings (SSSR count). The van der Waals surface area contributed by atoms with Crippen molar-refractivity contribution >= 4 is 6.29 Å². The van der Waals surface area contributed by atoms with E-state index in [0.29, 0.717) is 29.7 Å². The molecule has 0 atom stereocenters. The van der Waals surface area contributed by atoms with E-state index in [1.54, 1.807) is 18.2 Å². The monoisotopic (exact) mass is 276 g/mol. The summed E-state index contributed by atoms with van der Waals surface area (Å²) < 4.78 is 31.7. The Bertz CT molecular complexity index is 624. The molecule has 0 aliphatic rings. The summed E-state index contributed by atoms with van der Waals surface area (Å²) in [4.78, 5) is 10.8. The van der Waals surface area contributed by atoms with Gasteiger partial charge >= 0.3 is 0 Å². The number of carbonyl (C=O) groups excluding carboxylic acids is 1. The molecule has 0 fully saturated rings. The molecule has 0 unspecified atom stereocenters. The Labute approximate surface area is 116 Å². The number of hydrogen-bond acceptors (Lipinski definition) is 2. The number of methoxy groups -OCH3 is 1. The Balaban J connectivity index is 2.14. The molecule has 2 aromatic carbocycles. The van der Waals surface area contributed by atoms with Crippen molar-refractivity contribution in [2.75, 3.05) is 7.11 Å². The second-order valence-electron chi connectivity index (χ2n) is 4.43. The van der Waals surface area contributed by atoms with Crippen molar-refractivity contribution < 1.29 is 18.3 Å². The van der Waals surface area contributed by atoms with Crippen LogP contribution in [0.5, 0.6) is 5.75 Å². The van der Waals surface area contributed by atoms with Gasteiger partial charge in [-0.2, -0.15) is 0 Å². The lowest BCUT2D eigenvalue weighted by molar-refractivity contribution is 0.112. The molecule has 20 heavy (non-hydrogen) atoms. The van der Waals surface area contributed by atoms with Crippen LogP contribution in [-0.2, 0) is 12.8 Å². The normalized spacial score (nSPS) is 10.3. The van der Waals surface area contributed by atoms with Crippen LogP contribution in [0.15, 0.2) is 36.4 Å². The Hall–Kier alpha value is -2.23. The molecule has 4 heteroatoms. The standard InChI is InChI=1S/C16H14F2O2/c1-20-16-8-11(3-5-13(16)10-19)2-4-12-9-14(17)6-7-15(12)18/h3,5-10H,2,4H2,1H3. The van der Waals surface area contributed by atoms with Gasteiger partial charge in [0.15, 0.2) is 6.29 Å². The fourth-order valence-corrected chi connectivity index (χ4v) is 2.02. The number of carbonyl (C=O) groups is 1. The molecule has 0 heterocycles. The minimum absolute atomic E-state index is 0.337. The van der Waals surface area contributed by atoms with E-state index >= 15 is 0 Å². The maximum atomic E-state index is 13.5. The van der Waals surface area contributed by atoms with Crippen molar-refractivity contribution in [2.45, 2.75) is 12.8 Å². The zero-order valence-corrected chi connectivity index (χ0v) is 11.0. The largest absolute Gasteiger partial charge is 0.496 e. The van der Waals surface area contributed by atoms with Crippen molar-refractivity contribution in [1.29, 1.82) is 0 Å². The van der Waals surface area contributed by atoms with Crippen molar-refractivity contribution in [2.24, 2.45) is 0 Å². The molecule has 2 aromatic rings. The lowest BCUT2D eigenvalue weighted by Gasteiger charge is -2.08. The third-order valence-electron chi connectivity index (χ3n) is 3.12. The summed E-state index contributed by atoms with van der Waals surface area (Å²) >= 11 is 0. The first-order chi connectivity index (χ1) is 9.63. The fraction of sp³-hybridized carbons (Fsp3) is 0.188. The Kier molecular flexibility index (Phi) is 4.45. The maximum Gasteiger partial charge on any atom is 0.153 e. The van der Waals surface area contributed by atoms with E-state index in [4.69, 9.17) is 4.74 Å². The van der Waals surface area contributed by atoms with Gasteiger partial charge in [-0.25, -0.2) is 8.78 Å². The van der Waals surface area contributed by atoms with E-state index in [0.717, 1.165) is 24.0 Å². The number of aldehydes is 1. The molecule has 0 aromatic heterocycles. The first kappa shape index (κ1) is 14.2. The lowest BCUT2D eigenvalue weighted by atomic mass is 10.0. The second-order valence-corrected chi connectivity index (χ2v) is 4.43. The molecule has 0 aliphatic heterocycles. The van der Waals surface area contributed by atoms with Crippen LogP contribution in [0.2, 0.25) is 0 Å². The van der Waals surface area contributed by atoms with Gasteiger partial charge in [0.2, 0.25) is 0 Å². The average molecular weight is 276 g/mol. The van der Waals surface area contributed by atoms with Crippen LogP contribution < -0.4 is 4.74 Å². The van der Waals surface area contributed by atoms with E-state index in [1.807, 2.05) is 0 Å². The molecule has 0 saturated heterocycles. The third kappa shape index (κ3) is 3.20. The van der Waals surface area contributed by atoms with Crippen molar-refractivity contribution in [3.63, 3.8) is 0 Å². The number of benzene rings is 2. The average Bonchev–Trinajstić information content (AvgIpc) is 2.47. The molecule has 0 N–H and O–H groups in total. The van der Waals surface area contributed by atoms with Crippen molar-refractivity contribution in [1.82, 2.24) is 0 Å². The van der Waals surface area contributed by atoms with Gasteiger partial charge in [-0.15, -0.1) is 0 Å². The van der Waals surface area contributed by atoms with Gasteiger partial charge in [-0.3, -0.25) is 4.79 Å². The zero-order valence-electron chi connectivity index (χ0n) is 11.0. The van der Waals surface area contributed by atoms with Crippen molar-refractivity contribution in [3.8, 4) is 5.75 Å². The third-order valence-corrected chi connectivity index (χ3v) is 3.12. The quantitative estimate of drug-likeness (QED) is 0.780. The van der Waals surface area contributed by atoms with E-state index in [1.165, 1.54) is 13.2 Å². The highest BCUT2D eigenvalue weighted by Gasteiger charge is 2.07. The van der Waals surface area contributed by atoms with Gasteiger partial charge in [0.25, 0.3) is 0 Å². The van der Waals surface area contributed by atoms with Gasteiger partial charge in [0.05, 0.1) is 12.7 Å². The highest BCUT2D eigenvalue weighted by Crippen LogP contribution is 2.20. The van der Waals surface area contributed by atoms with Gasteiger partial charge in [0, 0.05) is 0 Å². The smallest absolute Gasteiger partial charge is 0.153 e. The number of ether oxygens (including phenoxy) is 1. The minimum atomic E-state index is -0.449. The summed E-state index contributed by atoms with van der Waals surface area (Å²) in [5, 5.41) is 0. The van der Waals surface area contributed by atoms with Gasteiger partial charge in [0.1, 0.15) is 17.4 Å². The minimum Gasteiger partial charge on any atom is -0.496 e. The maximum absolute atomic E-state index is 13.5. The fourth-order valence-electron chi connectivity index (χ4n) is 2.02. The summed E-state index contributed by atoms with van der Waals surface area (Å²) in [6.45, 7) is 0. The molecule has 104 valence electrons. The Morgan fingerprint density at radius 2 is 1.90 bits per heavy atom. The first-order valence-electron chi connectivity index (χ1n) is 6.20. The number of hydrogen-bond donors (Lipinski definition) is 0. The Morgan fingerprint density at radius 3 is 2.60 bits per heavy atom. The Morgan fingerprint density at radius 1 is 1.10 bits per heavy atom. The molecule has 0 aliphatic carbocycles. The highest BCUT2D eigenvalue weighted by atomic mass is 19.1. The number of rotatable bonds is 5. The van der Waals surface area contributed by atoms with Crippen LogP contribution in [0.1, 0.15) is 21.5 Å². The molecule has 2 nitrogen and oxygen atoms in total. The molecular weight excluding hydrogens is 262 g/mol. The van der Waals surface area contributed by atoms with E-state index in [9.17, 15) is 13.6 Å². The summed E-state index contributed by atoms with van der Waals surface area (Å²) in [5.41, 5.74) is 1.70. The van der Waals surface area contributed by atoms with Crippen LogP contribution in [0.4, 0.5) is 8.78 Å². The summed E-state index contributed by atoms with van der Waals surface area (Å²) in [6.07, 6.45) is 1.64. The van der Waals surface area contributed by atoms with Crippen LogP contribution >= 0.6 is 0 Å². The molecular formula is C16H14F2O2. The van der Waals surface area contributed by atoms with Gasteiger partial charge < -0.3 is 4.74 Å². The van der Waals surface area contributed by atoms with Crippen molar-refractivity contribution in [3.05, 3.63) is 64.7 Å². The predicted molar refractivity (Wildman–Crippen MR) is 72.1 cm³/mol. The van der Waals surface area contributed by atoms with Gasteiger partial charge in [-0.1, -0.05) is 6.07 Å². The van der Waals surface area contributed by atoms with E-state index in [-0.39, 0.29) is 0 Å². The van der Waals surface area contributed by atoms with Gasteiger partial charge in [-0.05, 0) is 54.3 Å². The highest BCUT2D eigenvalue weighted by molar-refractivity contribution is 5.79. The lowest BCUT2D eigenvalue weighted by Crippen LogP contribution is -1.98. The predicted octanol–water partition coefficient (Wildman–Crippen LogP) is 3.57. The molecule has 0 bridgehead atoms. The second kappa shape index (κ2) is 6.28.